The van der Waals surface area contributed by atoms with Crippen molar-refractivity contribution in [2.24, 2.45) is 5.41 Å². The number of amides is 1. The van der Waals surface area contributed by atoms with E-state index in [1.54, 1.807) is 16.8 Å². The summed E-state index contributed by atoms with van der Waals surface area (Å²) in [5.41, 5.74) is 1.78. The van der Waals surface area contributed by atoms with Crippen molar-refractivity contribution in [2.45, 2.75) is 47.1 Å². The molecule has 0 bridgehead atoms. The fraction of sp³-hybridized carbons (Fsp3) is 0.444. The maximum atomic E-state index is 13.0. The second-order valence-corrected chi connectivity index (χ2v) is 6.93. The summed E-state index contributed by atoms with van der Waals surface area (Å²) < 4.78 is 14.7. The van der Waals surface area contributed by atoms with Gasteiger partial charge in [-0.3, -0.25) is 4.79 Å². The number of aryl methyl sites for hydroxylation is 1. The monoisotopic (exact) mass is 317 g/mol. The normalized spacial score (nSPS) is 11.5. The van der Waals surface area contributed by atoms with E-state index in [2.05, 4.69) is 10.4 Å². The van der Waals surface area contributed by atoms with Gasteiger partial charge in [0.2, 0.25) is 5.91 Å². The van der Waals surface area contributed by atoms with Crippen LogP contribution in [0.2, 0.25) is 0 Å². The Balaban J connectivity index is 2.10. The molecule has 0 aliphatic rings. The number of rotatable bonds is 5. The molecule has 1 aromatic heterocycles. The lowest BCUT2D eigenvalue weighted by molar-refractivity contribution is -0.117. The molecule has 0 fully saturated rings. The Morgan fingerprint density at radius 2 is 1.91 bits per heavy atom. The van der Waals surface area contributed by atoms with Crippen LogP contribution in [0.1, 0.15) is 45.4 Å². The quantitative estimate of drug-likeness (QED) is 0.906. The number of benzene rings is 1. The van der Waals surface area contributed by atoms with Gasteiger partial charge in [-0.05, 0) is 30.0 Å². The van der Waals surface area contributed by atoms with E-state index >= 15 is 0 Å². The van der Waals surface area contributed by atoms with Gasteiger partial charge in [-0.1, -0.05) is 32.9 Å². The van der Waals surface area contributed by atoms with Crippen molar-refractivity contribution >= 4 is 11.7 Å². The van der Waals surface area contributed by atoms with Crippen molar-refractivity contribution in [3.8, 4) is 0 Å². The Bertz CT molecular complexity index is 669. The molecule has 1 aromatic carbocycles. The molecule has 2 rings (SSSR count). The van der Waals surface area contributed by atoms with Crippen LogP contribution in [0.25, 0.3) is 0 Å². The van der Waals surface area contributed by atoms with Crippen LogP contribution in [0.15, 0.2) is 30.3 Å². The van der Waals surface area contributed by atoms with Crippen molar-refractivity contribution in [3.63, 3.8) is 0 Å². The van der Waals surface area contributed by atoms with E-state index in [1.165, 1.54) is 12.1 Å². The number of halogens is 1. The number of anilines is 1. The van der Waals surface area contributed by atoms with E-state index in [-0.39, 0.29) is 17.1 Å². The first-order valence-electron chi connectivity index (χ1n) is 7.88. The van der Waals surface area contributed by atoms with Gasteiger partial charge in [0.15, 0.2) is 0 Å². The number of aromatic nitrogens is 2. The highest BCUT2D eigenvalue weighted by atomic mass is 19.1. The van der Waals surface area contributed by atoms with Gasteiger partial charge < -0.3 is 5.32 Å². The average molecular weight is 317 g/mol. The predicted octanol–water partition coefficient (Wildman–Crippen LogP) is 4.01. The molecule has 4 nitrogen and oxygen atoms in total. The van der Waals surface area contributed by atoms with Gasteiger partial charge >= 0.3 is 0 Å². The average Bonchev–Trinajstić information content (AvgIpc) is 2.81. The van der Waals surface area contributed by atoms with E-state index in [0.29, 0.717) is 25.2 Å². The molecule has 23 heavy (non-hydrogen) atoms. The first-order chi connectivity index (χ1) is 10.8. The number of carbonyl (C=O) groups is 1. The second-order valence-electron chi connectivity index (χ2n) is 6.93. The van der Waals surface area contributed by atoms with Crippen LogP contribution in [-0.2, 0) is 17.8 Å². The fourth-order valence-electron chi connectivity index (χ4n) is 2.38. The molecular weight excluding hydrogens is 293 g/mol. The molecule has 0 saturated heterocycles. The Kier molecular flexibility index (Phi) is 5.19. The summed E-state index contributed by atoms with van der Waals surface area (Å²) in [5.74, 6) is 0.447. The summed E-state index contributed by atoms with van der Waals surface area (Å²) >= 11 is 0. The minimum absolute atomic E-state index is 0.0135. The number of hydrogen-bond acceptors (Lipinski definition) is 2. The molecule has 5 heteroatoms. The van der Waals surface area contributed by atoms with Gasteiger partial charge in [0, 0.05) is 25.5 Å². The minimum atomic E-state index is -0.247. The SMILES string of the molecule is CCn1nc(Cc2ccc(F)cc2)cc1NC(=O)CC(C)(C)C. The molecule has 0 atom stereocenters. The third-order valence-electron chi connectivity index (χ3n) is 3.39. The van der Waals surface area contributed by atoms with E-state index in [1.807, 2.05) is 33.8 Å². The van der Waals surface area contributed by atoms with Crippen LogP contribution >= 0.6 is 0 Å². The molecule has 1 N–H and O–H groups in total. The summed E-state index contributed by atoms with van der Waals surface area (Å²) in [6.07, 6.45) is 1.06. The van der Waals surface area contributed by atoms with E-state index in [4.69, 9.17) is 0 Å². The number of hydrogen-bond donors (Lipinski definition) is 1. The van der Waals surface area contributed by atoms with Gasteiger partial charge in [0.1, 0.15) is 11.6 Å². The van der Waals surface area contributed by atoms with Crippen molar-refractivity contribution in [1.82, 2.24) is 9.78 Å². The van der Waals surface area contributed by atoms with Crippen LogP contribution < -0.4 is 5.32 Å². The van der Waals surface area contributed by atoms with Gasteiger partial charge in [-0.15, -0.1) is 0 Å². The van der Waals surface area contributed by atoms with Crippen LogP contribution in [0.5, 0.6) is 0 Å². The van der Waals surface area contributed by atoms with E-state index < -0.39 is 0 Å². The third-order valence-corrected chi connectivity index (χ3v) is 3.39. The van der Waals surface area contributed by atoms with Crippen molar-refractivity contribution in [1.29, 1.82) is 0 Å². The Morgan fingerprint density at radius 1 is 1.26 bits per heavy atom. The van der Waals surface area contributed by atoms with Crippen LogP contribution in [0, 0.1) is 11.2 Å². The highest BCUT2D eigenvalue weighted by Crippen LogP contribution is 2.20. The summed E-state index contributed by atoms with van der Waals surface area (Å²) in [6, 6.07) is 8.26. The number of nitrogens with one attached hydrogen (secondary N) is 1. The zero-order valence-corrected chi connectivity index (χ0v) is 14.2. The van der Waals surface area contributed by atoms with Gasteiger partial charge in [-0.25, -0.2) is 9.07 Å². The Morgan fingerprint density at radius 3 is 2.48 bits per heavy atom. The summed E-state index contributed by atoms with van der Waals surface area (Å²) in [5, 5.41) is 7.44. The minimum Gasteiger partial charge on any atom is -0.311 e. The van der Waals surface area contributed by atoms with Crippen LogP contribution in [-0.4, -0.2) is 15.7 Å². The Labute approximate surface area is 136 Å². The highest BCUT2D eigenvalue weighted by Gasteiger charge is 2.17. The zero-order valence-electron chi connectivity index (χ0n) is 14.2. The first kappa shape index (κ1) is 17.2. The lowest BCUT2D eigenvalue weighted by atomic mass is 9.92. The lowest BCUT2D eigenvalue weighted by Gasteiger charge is -2.17. The predicted molar refractivity (Wildman–Crippen MR) is 89.8 cm³/mol. The molecule has 0 aliphatic heterocycles. The topological polar surface area (TPSA) is 46.9 Å². The van der Waals surface area contributed by atoms with Crippen molar-refractivity contribution < 1.29 is 9.18 Å². The number of carbonyl (C=O) groups excluding carboxylic acids is 1. The van der Waals surface area contributed by atoms with E-state index in [9.17, 15) is 9.18 Å². The molecule has 124 valence electrons. The molecule has 2 aromatic rings. The van der Waals surface area contributed by atoms with E-state index in [0.717, 1.165) is 11.3 Å². The molecule has 0 spiro atoms. The summed E-state index contributed by atoms with van der Waals surface area (Å²) in [6.45, 7) is 8.75. The van der Waals surface area contributed by atoms with Gasteiger partial charge in [0.25, 0.3) is 0 Å². The lowest BCUT2D eigenvalue weighted by Crippen LogP contribution is -2.21. The molecule has 0 aliphatic carbocycles. The fourth-order valence-corrected chi connectivity index (χ4v) is 2.38. The summed E-state index contributed by atoms with van der Waals surface area (Å²) in [4.78, 5) is 12.1. The largest absolute Gasteiger partial charge is 0.311 e. The van der Waals surface area contributed by atoms with Crippen molar-refractivity contribution in [3.05, 3.63) is 47.4 Å². The highest BCUT2D eigenvalue weighted by molar-refractivity contribution is 5.90. The summed E-state index contributed by atoms with van der Waals surface area (Å²) in [7, 11) is 0. The third kappa shape index (κ3) is 5.20. The smallest absolute Gasteiger partial charge is 0.226 e. The standard InChI is InChI=1S/C18H24FN3O/c1-5-22-16(20-17(23)12-18(2,3)4)11-15(21-22)10-13-6-8-14(19)9-7-13/h6-9,11H,5,10,12H2,1-4H3,(H,20,23). The second kappa shape index (κ2) is 6.94. The maximum absolute atomic E-state index is 13.0. The maximum Gasteiger partial charge on any atom is 0.226 e. The van der Waals surface area contributed by atoms with Crippen molar-refractivity contribution in [2.75, 3.05) is 5.32 Å². The first-order valence-corrected chi connectivity index (χ1v) is 7.88. The molecular formula is C18H24FN3O. The van der Waals surface area contributed by atoms with Gasteiger partial charge in [0.05, 0.1) is 5.69 Å². The molecule has 0 radical (unpaired) electrons. The van der Waals surface area contributed by atoms with Crippen LogP contribution in [0.3, 0.4) is 0 Å². The number of nitrogens with zero attached hydrogens (tertiary/aromatic N) is 2. The zero-order chi connectivity index (χ0) is 17.0. The molecule has 0 saturated carbocycles. The molecule has 1 heterocycles. The Hall–Kier alpha value is -2.17. The van der Waals surface area contributed by atoms with Gasteiger partial charge in [-0.2, -0.15) is 5.10 Å². The van der Waals surface area contributed by atoms with Crippen LogP contribution in [0.4, 0.5) is 10.2 Å². The molecule has 1 amide bonds. The molecule has 0 unspecified atom stereocenters.